The maximum Gasteiger partial charge on any atom is 0.414 e. The number of nitrogens with zero attached hydrogens (tertiary/aromatic N) is 2. The van der Waals surface area contributed by atoms with Crippen molar-refractivity contribution in [2.75, 3.05) is 12.4 Å². The van der Waals surface area contributed by atoms with Gasteiger partial charge < -0.3 is 9.47 Å². The average Bonchev–Trinajstić information content (AvgIpc) is 2.71. The van der Waals surface area contributed by atoms with Crippen molar-refractivity contribution in [2.24, 2.45) is 7.05 Å². The molecule has 0 spiro atoms. The van der Waals surface area contributed by atoms with Crippen LogP contribution >= 0.6 is 0 Å². The number of aryl methyl sites for hydroxylation is 1. The van der Waals surface area contributed by atoms with E-state index in [2.05, 4.69) is 5.32 Å². The molecule has 2 heterocycles. The normalized spacial score (nSPS) is 18.4. The lowest BCUT2D eigenvalue weighted by molar-refractivity contribution is -0.199. The number of carbonyl (C=O) groups excluding carboxylic acids is 1. The van der Waals surface area contributed by atoms with Gasteiger partial charge in [0.15, 0.2) is 0 Å². The van der Waals surface area contributed by atoms with Gasteiger partial charge in [-0.3, -0.25) is 19.2 Å². The minimum atomic E-state index is -1.39. The molecule has 0 saturated heterocycles. The van der Waals surface area contributed by atoms with Crippen LogP contribution in [0, 0.1) is 0 Å². The molecule has 0 radical (unpaired) electrons. The van der Waals surface area contributed by atoms with Gasteiger partial charge in [0.2, 0.25) is 5.79 Å². The highest BCUT2D eigenvalue weighted by Crippen LogP contribution is 2.39. The first kappa shape index (κ1) is 18.0. The van der Waals surface area contributed by atoms with Gasteiger partial charge in [0.1, 0.15) is 0 Å². The minimum Gasteiger partial charge on any atom is -0.412 e. The van der Waals surface area contributed by atoms with Crippen LogP contribution < -0.4 is 16.6 Å². The number of para-hydroxylation sites is 2. The van der Waals surface area contributed by atoms with Crippen molar-refractivity contribution >= 4 is 22.7 Å². The number of ether oxygens (including phenoxy) is 2. The fraction of sp³-hybridized carbons (Fsp3) is 0.250. The third-order valence-electron chi connectivity index (χ3n) is 5.08. The molecule has 1 aromatic heterocycles. The molecule has 1 aliphatic rings. The smallest absolute Gasteiger partial charge is 0.412 e. The van der Waals surface area contributed by atoms with Crippen LogP contribution in [-0.4, -0.2) is 22.3 Å². The Balaban J connectivity index is 1.78. The fourth-order valence-electron chi connectivity index (χ4n) is 3.62. The number of rotatable bonds is 4. The topological polar surface area (TPSA) is 91.6 Å². The van der Waals surface area contributed by atoms with Gasteiger partial charge in [0.25, 0.3) is 5.56 Å². The second kappa shape index (κ2) is 6.65. The number of nitrogens with one attached hydrogen (secondary N) is 1. The third-order valence-corrected chi connectivity index (χ3v) is 5.08. The van der Waals surface area contributed by atoms with Gasteiger partial charge in [-0.1, -0.05) is 30.3 Å². The summed E-state index contributed by atoms with van der Waals surface area (Å²) in [5.41, 5.74) is 0.929. The molecule has 0 fully saturated rings. The largest absolute Gasteiger partial charge is 0.414 e. The molecular formula is C20H19N3O5. The van der Waals surface area contributed by atoms with E-state index in [0.717, 1.165) is 4.57 Å². The van der Waals surface area contributed by atoms with Crippen molar-refractivity contribution in [3.63, 3.8) is 0 Å². The predicted octanol–water partition coefficient (Wildman–Crippen LogP) is 2.15. The Morgan fingerprint density at radius 1 is 1.07 bits per heavy atom. The van der Waals surface area contributed by atoms with Gasteiger partial charge in [0, 0.05) is 32.7 Å². The summed E-state index contributed by atoms with van der Waals surface area (Å²) in [5.74, 6) is -1.39. The summed E-state index contributed by atoms with van der Waals surface area (Å²) >= 11 is 0. The van der Waals surface area contributed by atoms with Crippen LogP contribution in [0.4, 0.5) is 10.5 Å². The lowest BCUT2D eigenvalue weighted by atomic mass is 9.98. The van der Waals surface area contributed by atoms with E-state index in [1.807, 2.05) is 0 Å². The summed E-state index contributed by atoms with van der Waals surface area (Å²) in [6, 6.07) is 14.0. The Hall–Kier alpha value is -3.39. The number of hydrogen-bond acceptors (Lipinski definition) is 5. The molecular weight excluding hydrogens is 362 g/mol. The highest BCUT2D eigenvalue weighted by Gasteiger charge is 2.42. The number of carbonyl (C=O) groups is 1. The highest BCUT2D eigenvalue weighted by atomic mass is 16.7. The van der Waals surface area contributed by atoms with Crippen LogP contribution in [0.25, 0.3) is 10.9 Å². The molecule has 1 aliphatic heterocycles. The number of amides is 1. The molecule has 1 atom stereocenters. The van der Waals surface area contributed by atoms with Crippen molar-refractivity contribution in [1.29, 1.82) is 0 Å². The molecule has 0 saturated carbocycles. The first-order chi connectivity index (χ1) is 13.5. The van der Waals surface area contributed by atoms with Crippen molar-refractivity contribution in [2.45, 2.75) is 18.8 Å². The fourth-order valence-corrected chi connectivity index (χ4v) is 3.62. The van der Waals surface area contributed by atoms with Gasteiger partial charge in [-0.25, -0.2) is 9.59 Å². The molecule has 2 aromatic carbocycles. The summed E-state index contributed by atoms with van der Waals surface area (Å²) in [4.78, 5) is 37.6. The highest BCUT2D eigenvalue weighted by molar-refractivity contribution is 5.88. The molecule has 1 unspecified atom stereocenters. The van der Waals surface area contributed by atoms with Gasteiger partial charge in [-0.2, -0.15) is 0 Å². The zero-order valence-corrected chi connectivity index (χ0v) is 15.5. The van der Waals surface area contributed by atoms with Crippen LogP contribution in [0.2, 0.25) is 0 Å². The van der Waals surface area contributed by atoms with Crippen LogP contribution in [0.3, 0.4) is 0 Å². The van der Waals surface area contributed by atoms with Gasteiger partial charge in [-0.15, -0.1) is 0 Å². The molecule has 1 N–H and O–H groups in total. The first-order valence-electron chi connectivity index (χ1n) is 8.80. The van der Waals surface area contributed by atoms with Crippen LogP contribution in [0.15, 0.2) is 58.1 Å². The minimum absolute atomic E-state index is 0.0196. The lowest BCUT2D eigenvalue weighted by Crippen LogP contribution is -2.45. The summed E-state index contributed by atoms with van der Waals surface area (Å²) in [6.45, 7) is 0.0196. The summed E-state index contributed by atoms with van der Waals surface area (Å²) in [7, 11) is 3.04. The second-order valence-electron chi connectivity index (χ2n) is 6.58. The lowest BCUT2D eigenvalue weighted by Gasteiger charge is -2.37. The quantitative estimate of drug-likeness (QED) is 0.748. The van der Waals surface area contributed by atoms with Crippen molar-refractivity contribution < 1.29 is 14.3 Å². The molecule has 0 aliphatic carbocycles. The van der Waals surface area contributed by atoms with Gasteiger partial charge in [-0.05, 0) is 18.2 Å². The zero-order chi connectivity index (χ0) is 19.9. The van der Waals surface area contributed by atoms with Crippen molar-refractivity contribution in [3.05, 3.63) is 74.9 Å². The molecule has 0 bridgehead atoms. The Morgan fingerprint density at radius 2 is 1.79 bits per heavy atom. The van der Waals surface area contributed by atoms with E-state index in [9.17, 15) is 14.4 Å². The maximum atomic E-state index is 12.9. The Kier molecular flexibility index (Phi) is 4.27. The number of hydrogen-bond donors (Lipinski definition) is 1. The van der Waals surface area contributed by atoms with E-state index >= 15 is 0 Å². The average molecular weight is 381 g/mol. The van der Waals surface area contributed by atoms with Crippen molar-refractivity contribution in [1.82, 2.24) is 9.13 Å². The van der Waals surface area contributed by atoms with Crippen LogP contribution in [-0.2, 0) is 28.9 Å². The predicted molar refractivity (Wildman–Crippen MR) is 103 cm³/mol. The number of cyclic esters (lactones) is 1. The molecule has 3 aromatic rings. The number of methoxy groups -OCH3 is 1. The van der Waals surface area contributed by atoms with E-state index in [4.69, 9.17) is 9.47 Å². The SMILES string of the molecule is COC1(CCn2c(=O)c3ccccc3n(C)c2=O)OC(=O)Nc2ccccc21. The molecule has 8 heteroatoms. The first-order valence-corrected chi connectivity index (χ1v) is 8.80. The summed E-state index contributed by atoms with van der Waals surface area (Å²) in [6.07, 6.45) is -0.555. The monoisotopic (exact) mass is 381 g/mol. The molecule has 4 rings (SSSR count). The van der Waals surface area contributed by atoms with Crippen LogP contribution in [0.1, 0.15) is 12.0 Å². The Labute approximate surface area is 159 Å². The Bertz CT molecular complexity index is 1200. The summed E-state index contributed by atoms with van der Waals surface area (Å²) < 4.78 is 13.6. The molecule has 8 nitrogen and oxygen atoms in total. The van der Waals surface area contributed by atoms with Gasteiger partial charge >= 0.3 is 11.8 Å². The molecule has 144 valence electrons. The summed E-state index contributed by atoms with van der Waals surface area (Å²) in [5, 5.41) is 3.07. The van der Waals surface area contributed by atoms with E-state index in [0.29, 0.717) is 22.2 Å². The van der Waals surface area contributed by atoms with E-state index in [-0.39, 0.29) is 13.0 Å². The number of anilines is 1. The molecule has 28 heavy (non-hydrogen) atoms. The van der Waals surface area contributed by atoms with E-state index < -0.39 is 23.1 Å². The standard InChI is InChI=1S/C20H19N3O5/c1-22-16-10-6-3-7-13(16)17(24)23(19(22)26)12-11-20(27-2)14-8-4-5-9-15(14)21-18(25)28-20/h3-10H,11-12H2,1-2H3,(H,21,25). The third kappa shape index (κ3) is 2.69. The number of aromatic nitrogens is 2. The number of benzene rings is 2. The van der Waals surface area contributed by atoms with Crippen molar-refractivity contribution in [3.8, 4) is 0 Å². The van der Waals surface area contributed by atoms with E-state index in [1.165, 1.54) is 11.7 Å². The maximum absolute atomic E-state index is 12.9. The van der Waals surface area contributed by atoms with E-state index in [1.54, 1.807) is 55.6 Å². The Morgan fingerprint density at radius 3 is 2.57 bits per heavy atom. The number of fused-ring (bicyclic) bond motifs is 2. The zero-order valence-electron chi connectivity index (χ0n) is 15.5. The second-order valence-corrected chi connectivity index (χ2v) is 6.58. The van der Waals surface area contributed by atoms with Crippen LogP contribution in [0.5, 0.6) is 0 Å². The van der Waals surface area contributed by atoms with Gasteiger partial charge in [0.05, 0.1) is 16.6 Å². The molecule has 1 amide bonds.